The van der Waals surface area contributed by atoms with Crippen molar-refractivity contribution in [1.29, 1.82) is 0 Å². The number of furan rings is 1. The largest absolute Gasteiger partial charge is 0.503 e. The second-order valence-electron chi connectivity index (χ2n) is 9.70. The SMILES string of the molecule is C=CCOc1ccc(C2C(C(=O)c3cc4cccc(OC)c4o3)=C(O)C(=O)N2c2nnc(SCc3ccc(Cl)cc3Cl)s2)cc1. The number of para-hydroxylation sites is 1. The average molecular weight is 681 g/mol. The Bertz CT molecular complexity index is 1970. The maximum absolute atomic E-state index is 14.0. The Kier molecular flexibility index (Phi) is 8.86. The summed E-state index contributed by atoms with van der Waals surface area (Å²) in [7, 11) is 1.50. The van der Waals surface area contributed by atoms with Crippen molar-refractivity contribution in [2.75, 3.05) is 18.6 Å². The summed E-state index contributed by atoms with van der Waals surface area (Å²) in [5, 5.41) is 21.6. The van der Waals surface area contributed by atoms with Crippen LogP contribution < -0.4 is 14.4 Å². The van der Waals surface area contributed by atoms with Crippen LogP contribution in [0.15, 0.2) is 99.5 Å². The van der Waals surface area contributed by atoms with Crippen molar-refractivity contribution in [3.8, 4) is 11.5 Å². The highest BCUT2D eigenvalue weighted by atomic mass is 35.5. The van der Waals surface area contributed by atoms with Crippen molar-refractivity contribution in [1.82, 2.24) is 10.2 Å². The van der Waals surface area contributed by atoms with Crippen LogP contribution in [0.2, 0.25) is 10.0 Å². The van der Waals surface area contributed by atoms with E-state index in [1.54, 1.807) is 66.7 Å². The van der Waals surface area contributed by atoms with E-state index in [-0.39, 0.29) is 16.5 Å². The Labute approximate surface area is 275 Å². The van der Waals surface area contributed by atoms with Crippen LogP contribution in [0, 0.1) is 0 Å². The molecule has 0 fully saturated rings. The van der Waals surface area contributed by atoms with E-state index in [0.717, 1.165) is 16.9 Å². The fraction of sp³-hybridized carbons (Fsp3) is 0.125. The van der Waals surface area contributed by atoms with Gasteiger partial charge in [0.05, 0.1) is 18.7 Å². The molecule has 9 nitrogen and oxygen atoms in total. The van der Waals surface area contributed by atoms with Crippen molar-refractivity contribution in [2.45, 2.75) is 16.1 Å². The third kappa shape index (κ3) is 6.04. The van der Waals surface area contributed by atoms with Gasteiger partial charge in [0, 0.05) is 21.2 Å². The van der Waals surface area contributed by atoms with Crippen molar-refractivity contribution in [3.05, 3.63) is 118 Å². The zero-order valence-corrected chi connectivity index (χ0v) is 26.7. The quantitative estimate of drug-likeness (QED) is 0.0638. The van der Waals surface area contributed by atoms with E-state index in [4.69, 9.17) is 37.1 Å². The molecule has 0 saturated heterocycles. The standard InChI is InChI=1S/C32H23Cl2N3O6S2/c1-3-13-42-21-11-8-17(9-12-21)26-25(27(38)24-14-18-5-4-6-23(41-2)29(18)43-24)28(39)30(40)37(26)31-35-36-32(45-31)44-16-19-7-10-20(33)15-22(19)34/h3-12,14-15,26,39H,1,13,16H2,2H3. The number of rotatable bonds is 11. The highest BCUT2D eigenvalue weighted by molar-refractivity contribution is 8.00. The second-order valence-corrected chi connectivity index (χ2v) is 12.7. The van der Waals surface area contributed by atoms with Gasteiger partial charge in [-0.2, -0.15) is 0 Å². The first-order valence-electron chi connectivity index (χ1n) is 13.4. The lowest BCUT2D eigenvalue weighted by Gasteiger charge is -2.24. The van der Waals surface area contributed by atoms with Gasteiger partial charge >= 0.3 is 0 Å². The molecule has 3 heterocycles. The molecule has 1 unspecified atom stereocenters. The fourth-order valence-electron chi connectivity index (χ4n) is 4.83. The molecule has 0 radical (unpaired) electrons. The zero-order chi connectivity index (χ0) is 31.7. The number of ketones is 1. The summed E-state index contributed by atoms with van der Waals surface area (Å²) in [5.74, 6) is -0.726. The summed E-state index contributed by atoms with van der Waals surface area (Å²) in [5.41, 5.74) is 1.60. The molecule has 0 saturated carbocycles. The number of hydrogen-bond donors (Lipinski definition) is 1. The first kappa shape index (κ1) is 30.7. The predicted molar refractivity (Wildman–Crippen MR) is 175 cm³/mol. The van der Waals surface area contributed by atoms with Crippen molar-refractivity contribution in [3.63, 3.8) is 0 Å². The van der Waals surface area contributed by atoms with Crippen molar-refractivity contribution < 1.29 is 28.6 Å². The lowest BCUT2D eigenvalue weighted by atomic mass is 9.95. The summed E-state index contributed by atoms with van der Waals surface area (Å²) >= 11 is 14.9. The number of hydrogen-bond acceptors (Lipinski definition) is 10. The van der Waals surface area contributed by atoms with E-state index < -0.39 is 23.5 Å². The number of halogens is 2. The molecule has 1 atom stereocenters. The van der Waals surface area contributed by atoms with E-state index in [1.807, 2.05) is 6.07 Å². The molecule has 228 valence electrons. The maximum Gasteiger partial charge on any atom is 0.296 e. The van der Waals surface area contributed by atoms with Gasteiger partial charge in [-0.1, -0.05) is 89.3 Å². The third-order valence-corrected chi connectivity index (χ3v) is 9.63. The molecular formula is C32H23Cl2N3O6S2. The third-order valence-electron chi connectivity index (χ3n) is 6.94. The number of fused-ring (bicyclic) bond motifs is 1. The van der Waals surface area contributed by atoms with Crippen LogP contribution >= 0.6 is 46.3 Å². The maximum atomic E-state index is 14.0. The van der Waals surface area contributed by atoms with Gasteiger partial charge in [0.15, 0.2) is 27.2 Å². The van der Waals surface area contributed by atoms with Crippen LogP contribution in [0.4, 0.5) is 5.13 Å². The molecule has 3 aromatic carbocycles. The van der Waals surface area contributed by atoms with E-state index in [9.17, 15) is 14.7 Å². The Morgan fingerprint density at radius 1 is 1.16 bits per heavy atom. The van der Waals surface area contributed by atoms with Crippen molar-refractivity contribution >= 4 is 74.1 Å². The molecule has 0 aliphatic carbocycles. The number of aliphatic hydroxyl groups is 1. The van der Waals surface area contributed by atoms with Gasteiger partial charge in [0.25, 0.3) is 5.91 Å². The van der Waals surface area contributed by atoms with Crippen molar-refractivity contribution in [2.24, 2.45) is 0 Å². The van der Waals surface area contributed by atoms with Crippen LogP contribution in [0.1, 0.15) is 27.7 Å². The Morgan fingerprint density at radius 2 is 1.96 bits per heavy atom. The molecule has 0 spiro atoms. The van der Waals surface area contributed by atoms with Gasteiger partial charge in [-0.25, -0.2) is 0 Å². The molecule has 45 heavy (non-hydrogen) atoms. The second kappa shape index (κ2) is 13.0. The molecule has 5 aromatic rings. The number of methoxy groups -OCH3 is 1. The first-order valence-corrected chi connectivity index (χ1v) is 16.0. The number of aromatic nitrogens is 2. The number of benzene rings is 3. The Hall–Kier alpha value is -4.29. The summed E-state index contributed by atoms with van der Waals surface area (Å²) in [6.45, 7) is 3.96. The number of carbonyl (C=O) groups excluding carboxylic acids is 2. The van der Waals surface area contributed by atoms with Gasteiger partial charge in [-0.3, -0.25) is 14.5 Å². The predicted octanol–water partition coefficient (Wildman–Crippen LogP) is 8.24. The van der Waals surface area contributed by atoms with Gasteiger partial charge < -0.3 is 19.0 Å². The molecule has 2 aromatic heterocycles. The zero-order valence-electron chi connectivity index (χ0n) is 23.5. The number of anilines is 1. The summed E-state index contributed by atoms with van der Waals surface area (Å²) in [6.07, 6.45) is 1.62. The molecule has 13 heteroatoms. The number of thioether (sulfide) groups is 1. The van der Waals surface area contributed by atoms with Gasteiger partial charge in [0.1, 0.15) is 12.4 Å². The summed E-state index contributed by atoms with van der Waals surface area (Å²) < 4.78 is 17.4. The first-order chi connectivity index (χ1) is 21.8. The molecule has 1 aliphatic heterocycles. The van der Waals surface area contributed by atoms with E-state index in [1.165, 1.54) is 23.8 Å². The molecule has 0 bridgehead atoms. The average Bonchev–Trinajstić information content (AvgIpc) is 3.76. The monoisotopic (exact) mass is 679 g/mol. The fourth-order valence-corrected chi connectivity index (χ4v) is 7.26. The smallest absolute Gasteiger partial charge is 0.296 e. The molecular weight excluding hydrogens is 657 g/mol. The van der Waals surface area contributed by atoms with E-state index >= 15 is 0 Å². The lowest BCUT2D eigenvalue weighted by Crippen LogP contribution is -2.31. The number of carbonyl (C=O) groups is 2. The number of amides is 1. The van der Waals surface area contributed by atoms with Gasteiger partial charge in [-0.15, -0.1) is 10.2 Å². The van der Waals surface area contributed by atoms with Crippen LogP contribution in [0.25, 0.3) is 11.0 Å². The van der Waals surface area contributed by atoms with Crippen LogP contribution in [-0.4, -0.2) is 40.7 Å². The highest BCUT2D eigenvalue weighted by Gasteiger charge is 2.47. The van der Waals surface area contributed by atoms with Crippen LogP contribution in [0.3, 0.4) is 0 Å². The molecule has 6 rings (SSSR count). The number of nitrogens with zero attached hydrogens (tertiary/aromatic N) is 3. The molecule has 1 N–H and O–H groups in total. The number of Topliss-reactive ketones (excluding diaryl/α,β-unsaturated/α-hetero) is 1. The lowest BCUT2D eigenvalue weighted by molar-refractivity contribution is -0.117. The highest BCUT2D eigenvalue weighted by Crippen LogP contribution is 2.45. The van der Waals surface area contributed by atoms with Crippen LogP contribution in [0.5, 0.6) is 11.5 Å². The minimum Gasteiger partial charge on any atom is -0.503 e. The van der Waals surface area contributed by atoms with Gasteiger partial charge in [-0.05, 0) is 47.5 Å². The Morgan fingerprint density at radius 3 is 2.69 bits per heavy atom. The topological polar surface area (TPSA) is 115 Å². The number of ether oxygens (including phenoxy) is 2. The molecule has 1 amide bonds. The Balaban J connectivity index is 1.36. The summed E-state index contributed by atoms with van der Waals surface area (Å²) in [4.78, 5) is 29.0. The minimum absolute atomic E-state index is 0.0602. The number of aliphatic hydroxyl groups excluding tert-OH is 1. The normalized spacial score (nSPS) is 14.8. The van der Waals surface area contributed by atoms with Crippen LogP contribution in [-0.2, 0) is 10.5 Å². The molecule has 1 aliphatic rings. The van der Waals surface area contributed by atoms with E-state index in [2.05, 4.69) is 16.8 Å². The summed E-state index contributed by atoms with van der Waals surface area (Å²) in [6, 6.07) is 17.9. The van der Waals surface area contributed by atoms with E-state index in [0.29, 0.717) is 54.8 Å². The minimum atomic E-state index is -1.04. The van der Waals surface area contributed by atoms with Gasteiger partial charge in [0.2, 0.25) is 10.9 Å².